The van der Waals surface area contributed by atoms with Gasteiger partial charge in [0.05, 0.1) is 27.8 Å². The van der Waals surface area contributed by atoms with Gasteiger partial charge in [-0.2, -0.15) is 0 Å². The van der Waals surface area contributed by atoms with E-state index in [2.05, 4.69) is 161 Å². The molecule has 0 radical (unpaired) electrons. The van der Waals surface area contributed by atoms with Crippen LogP contribution < -0.4 is 0 Å². The van der Waals surface area contributed by atoms with Crippen molar-refractivity contribution in [2.24, 2.45) is 0 Å². The number of hydrogen-bond donors (Lipinski definition) is 0. The highest BCUT2D eigenvalue weighted by Crippen LogP contribution is 2.45. The number of benzene rings is 8. The van der Waals surface area contributed by atoms with Gasteiger partial charge in [-0.3, -0.25) is 0 Å². The molecule has 0 amide bonds. The Morgan fingerprint density at radius 2 is 1.06 bits per heavy atom. The van der Waals surface area contributed by atoms with E-state index in [1.54, 1.807) is 0 Å². The number of rotatable bonds is 2. The molecular formula is C44H26N2O. The Bertz CT molecular complexity index is 3070. The zero-order valence-corrected chi connectivity index (χ0v) is 25.3. The minimum absolute atomic E-state index is 0.903. The van der Waals surface area contributed by atoms with E-state index >= 15 is 0 Å². The number of furan rings is 1. The predicted octanol–water partition coefficient (Wildman–Crippen LogP) is 12.1. The Balaban J connectivity index is 1.36. The van der Waals surface area contributed by atoms with Gasteiger partial charge >= 0.3 is 0 Å². The number of para-hydroxylation sites is 3. The van der Waals surface area contributed by atoms with Gasteiger partial charge in [-0.1, -0.05) is 109 Å². The van der Waals surface area contributed by atoms with Crippen LogP contribution in [0.1, 0.15) is 0 Å². The summed E-state index contributed by atoms with van der Waals surface area (Å²) in [7, 11) is 0. The molecule has 0 bridgehead atoms. The normalized spacial score (nSPS) is 12.3. The Morgan fingerprint density at radius 3 is 1.94 bits per heavy atom. The smallest absolute Gasteiger partial charge is 0.137 e. The highest BCUT2D eigenvalue weighted by Gasteiger charge is 2.23. The third-order valence-corrected chi connectivity index (χ3v) is 10.1. The predicted molar refractivity (Wildman–Crippen MR) is 197 cm³/mol. The fourth-order valence-electron chi connectivity index (χ4n) is 8.10. The van der Waals surface area contributed by atoms with Gasteiger partial charge in [-0.05, 0) is 58.6 Å². The van der Waals surface area contributed by atoms with Crippen LogP contribution in [-0.4, -0.2) is 9.13 Å². The van der Waals surface area contributed by atoms with Crippen molar-refractivity contribution in [3.05, 3.63) is 158 Å². The molecule has 0 fully saturated rings. The maximum Gasteiger partial charge on any atom is 0.137 e. The zero-order valence-electron chi connectivity index (χ0n) is 25.3. The van der Waals surface area contributed by atoms with Crippen molar-refractivity contribution in [2.75, 3.05) is 0 Å². The van der Waals surface area contributed by atoms with Gasteiger partial charge < -0.3 is 13.6 Å². The summed E-state index contributed by atoms with van der Waals surface area (Å²) in [5.74, 6) is 0. The summed E-state index contributed by atoms with van der Waals surface area (Å²) in [6.07, 6.45) is 0. The van der Waals surface area contributed by atoms with Crippen LogP contribution in [0.25, 0.3) is 98.5 Å². The molecule has 0 aliphatic rings. The number of nitrogens with zero attached hydrogens (tertiary/aromatic N) is 2. The molecular weight excluding hydrogens is 572 g/mol. The Morgan fingerprint density at radius 1 is 0.362 bits per heavy atom. The maximum atomic E-state index is 6.43. The number of hydrogen-bond acceptors (Lipinski definition) is 1. The lowest BCUT2D eigenvalue weighted by Gasteiger charge is -2.14. The van der Waals surface area contributed by atoms with Gasteiger partial charge in [0.15, 0.2) is 0 Å². The Kier molecular flexibility index (Phi) is 4.84. The largest absolute Gasteiger partial charge is 0.456 e. The van der Waals surface area contributed by atoms with E-state index in [1.807, 2.05) is 6.07 Å². The van der Waals surface area contributed by atoms with E-state index < -0.39 is 0 Å². The average molecular weight is 599 g/mol. The molecule has 0 aliphatic heterocycles. The summed E-state index contributed by atoms with van der Waals surface area (Å²) < 4.78 is 11.3. The van der Waals surface area contributed by atoms with E-state index in [1.165, 1.54) is 65.3 Å². The lowest BCUT2D eigenvalue weighted by atomic mass is 10.00. The average Bonchev–Trinajstić information content (AvgIpc) is 3.77. The molecule has 0 aliphatic carbocycles. The van der Waals surface area contributed by atoms with E-state index in [9.17, 15) is 0 Å². The standard InChI is InChI=1S/C44H26N2O/c1-2-13-28(14-3-1)45-40-26-42-36(32-18-9-11-21-41(32)47-42)25-35(40)33-22-23-38-43(44(33)45)34-19-8-10-20-37(34)46(38)39-24-27-12-4-5-15-29(27)30-16-6-7-17-31(30)39/h1-26H. The van der Waals surface area contributed by atoms with Gasteiger partial charge in [-0.15, -0.1) is 0 Å². The molecule has 8 aromatic carbocycles. The third-order valence-electron chi connectivity index (χ3n) is 10.1. The topological polar surface area (TPSA) is 23.0 Å². The highest BCUT2D eigenvalue weighted by atomic mass is 16.3. The summed E-state index contributed by atoms with van der Waals surface area (Å²) in [5.41, 5.74) is 8.87. The second kappa shape index (κ2) is 9.12. The minimum Gasteiger partial charge on any atom is -0.456 e. The first kappa shape index (κ1) is 24.9. The highest BCUT2D eigenvalue weighted by molar-refractivity contribution is 6.28. The molecule has 3 heterocycles. The number of aromatic nitrogens is 2. The van der Waals surface area contributed by atoms with Crippen LogP contribution in [0.4, 0.5) is 0 Å². The third kappa shape index (κ3) is 3.30. The molecule has 3 nitrogen and oxygen atoms in total. The summed E-state index contributed by atoms with van der Waals surface area (Å²) in [6, 6.07) is 57.1. The van der Waals surface area contributed by atoms with Crippen LogP contribution in [0.5, 0.6) is 0 Å². The van der Waals surface area contributed by atoms with Crippen molar-refractivity contribution in [2.45, 2.75) is 0 Å². The lowest BCUT2D eigenvalue weighted by molar-refractivity contribution is 0.669. The summed E-state index contributed by atoms with van der Waals surface area (Å²) in [5, 5.41) is 12.2. The van der Waals surface area contributed by atoms with Crippen LogP contribution in [0.3, 0.4) is 0 Å². The first-order chi connectivity index (χ1) is 23.3. The van der Waals surface area contributed by atoms with Crippen LogP contribution in [0.15, 0.2) is 162 Å². The van der Waals surface area contributed by atoms with Crippen LogP contribution >= 0.6 is 0 Å². The Labute approximate surface area is 269 Å². The molecule has 218 valence electrons. The fourth-order valence-corrected chi connectivity index (χ4v) is 8.10. The second-order valence-electron chi connectivity index (χ2n) is 12.5. The van der Waals surface area contributed by atoms with Crippen molar-refractivity contribution >= 4 is 87.1 Å². The van der Waals surface area contributed by atoms with Crippen molar-refractivity contribution in [1.82, 2.24) is 9.13 Å². The second-order valence-corrected chi connectivity index (χ2v) is 12.5. The first-order valence-corrected chi connectivity index (χ1v) is 16.1. The number of fused-ring (bicyclic) bond motifs is 13. The Hall–Kier alpha value is -6.32. The van der Waals surface area contributed by atoms with Gasteiger partial charge in [0, 0.05) is 49.5 Å². The van der Waals surface area contributed by atoms with Crippen molar-refractivity contribution in [1.29, 1.82) is 0 Å². The molecule has 11 aromatic rings. The minimum atomic E-state index is 0.903. The fraction of sp³-hybridized carbons (Fsp3) is 0. The van der Waals surface area contributed by atoms with E-state index in [-0.39, 0.29) is 0 Å². The van der Waals surface area contributed by atoms with E-state index in [0.717, 1.165) is 33.1 Å². The molecule has 47 heavy (non-hydrogen) atoms. The monoisotopic (exact) mass is 598 g/mol. The van der Waals surface area contributed by atoms with Gasteiger partial charge in [-0.25, -0.2) is 0 Å². The quantitative estimate of drug-likeness (QED) is 0.182. The molecule has 0 saturated carbocycles. The van der Waals surface area contributed by atoms with Crippen molar-refractivity contribution in [3.8, 4) is 11.4 Å². The summed E-state index contributed by atoms with van der Waals surface area (Å²) in [4.78, 5) is 0. The SMILES string of the molecule is c1ccc(-n2c3cc4oc5ccccc5c4cc3c3ccc4c(c5ccccc5n4-c4cc5ccccc5c5ccccc45)c32)cc1. The molecule has 11 rings (SSSR count). The van der Waals surface area contributed by atoms with Crippen LogP contribution in [0.2, 0.25) is 0 Å². The first-order valence-electron chi connectivity index (χ1n) is 16.1. The maximum absolute atomic E-state index is 6.43. The van der Waals surface area contributed by atoms with Gasteiger partial charge in [0.2, 0.25) is 0 Å². The molecule has 0 saturated heterocycles. The van der Waals surface area contributed by atoms with E-state index in [0.29, 0.717) is 0 Å². The zero-order chi connectivity index (χ0) is 30.6. The van der Waals surface area contributed by atoms with Gasteiger partial charge in [0.25, 0.3) is 0 Å². The van der Waals surface area contributed by atoms with Gasteiger partial charge in [0.1, 0.15) is 11.2 Å². The molecule has 3 heteroatoms. The van der Waals surface area contributed by atoms with Crippen molar-refractivity contribution in [3.63, 3.8) is 0 Å². The molecule has 0 atom stereocenters. The van der Waals surface area contributed by atoms with Crippen LogP contribution in [-0.2, 0) is 0 Å². The lowest BCUT2D eigenvalue weighted by Crippen LogP contribution is -1.97. The van der Waals surface area contributed by atoms with E-state index in [4.69, 9.17) is 4.42 Å². The molecule has 3 aromatic heterocycles. The molecule has 0 N–H and O–H groups in total. The molecule has 0 unspecified atom stereocenters. The van der Waals surface area contributed by atoms with Crippen LogP contribution in [0, 0.1) is 0 Å². The van der Waals surface area contributed by atoms with Crippen molar-refractivity contribution < 1.29 is 4.42 Å². The molecule has 0 spiro atoms. The summed E-state index contributed by atoms with van der Waals surface area (Å²) in [6.45, 7) is 0. The summed E-state index contributed by atoms with van der Waals surface area (Å²) >= 11 is 0.